The Morgan fingerprint density at radius 3 is 1.31 bits per heavy atom. The maximum absolute atomic E-state index is 13.5. The van der Waals surface area contributed by atoms with Crippen LogP contribution in [0.25, 0.3) is 0 Å². The summed E-state index contributed by atoms with van der Waals surface area (Å²) in [5.74, 6) is -0.565. The van der Waals surface area contributed by atoms with E-state index in [0.29, 0.717) is 23.9 Å². The normalized spacial score (nSPS) is 14.4. The molecule has 0 aromatic rings. The molecule has 0 rings (SSSR count). The Morgan fingerprint density at radius 1 is 0.480 bits per heavy atom. The van der Waals surface area contributed by atoms with Gasteiger partial charge in [-0.25, -0.2) is 4.57 Å². The Morgan fingerprint density at radius 2 is 0.853 bits per heavy atom. The number of quaternary nitrogens is 1. The van der Waals surface area contributed by atoms with Gasteiger partial charge in [0.25, 0.3) is 0 Å². The second-order valence-electron chi connectivity index (χ2n) is 21.5. The summed E-state index contributed by atoms with van der Waals surface area (Å²) in [6.07, 6.45) is 72.6. The van der Waals surface area contributed by atoms with E-state index >= 15 is 0 Å². The lowest BCUT2D eigenvalue weighted by atomic mass is 10.1. The zero-order valence-electron chi connectivity index (χ0n) is 49.3. The molecule has 3 atom stereocenters. The van der Waals surface area contributed by atoms with E-state index in [2.05, 4.69) is 111 Å². The molecule has 0 aliphatic carbocycles. The minimum Gasteiger partial charge on any atom is -0.456 e. The highest BCUT2D eigenvalue weighted by atomic mass is 31.2. The van der Waals surface area contributed by atoms with Crippen LogP contribution in [0.2, 0.25) is 0 Å². The Balaban J connectivity index is 5.33. The molecule has 0 saturated heterocycles. The van der Waals surface area contributed by atoms with E-state index in [1.54, 1.807) is 0 Å². The fraction of sp³-hybridized carbons (Fsp3) is 0.723. The van der Waals surface area contributed by atoms with Crippen molar-refractivity contribution in [2.75, 3.05) is 40.9 Å². The highest BCUT2D eigenvalue weighted by Crippen LogP contribution is 2.43. The molecular weight excluding hydrogens is 952 g/mol. The van der Waals surface area contributed by atoms with Crippen molar-refractivity contribution in [1.29, 1.82) is 0 Å². The average molecular weight is 1070 g/mol. The fourth-order valence-corrected chi connectivity index (χ4v) is 9.03. The van der Waals surface area contributed by atoms with E-state index in [1.165, 1.54) is 109 Å². The van der Waals surface area contributed by atoms with E-state index in [1.807, 2.05) is 33.3 Å². The minimum absolute atomic E-state index is 0.0281. The summed E-state index contributed by atoms with van der Waals surface area (Å²) in [6.45, 7) is 6.85. The maximum atomic E-state index is 13.5. The molecule has 0 aromatic carbocycles. The van der Waals surface area contributed by atoms with Crippen molar-refractivity contribution < 1.29 is 37.3 Å². The quantitative estimate of drug-likeness (QED) is 0.0205. The molecule has 1 amide bonds. The number of esters is 1. The third kappa shape index (κ3) is 55.5. The smallest absolute Gasteiger partial charge is 0.456 e. The van der Waals surface area contributed by atoms with Gasteiger partial charge in [-0.05, 0) is 109 Å². The van der Waals surface area contributed by atoms with Crippen molar-refractivity contribution >= 4 is 19.7 Å². The number of hydrogen-bond donors (Lipinski definition) is 2. The number of amides is 1. The Hall–Kier alpha value is -3.07. The van der Waals surface area contributed by atoms with Crippen molar-refractivity contribution in [1.82, 2.24) is 5.32 Å². The van der Waals surface area contributed by atoms with Gasteiger partial charge < -0.3 is 19.4 Å². The van der Waals surface area contributed by atoms with E-state index in [4.69, 9.17) is 13.8 Å². The number of phosphoric ester groups is 1. The minimum atomic E-state index is -4.46. The zero-order chi connectivity index (χ0) is 55.0. The van der Waals surface area contributed by atoms with Crippen molar-refractivity contribution in [2.24, 2.45) is 0 Å². The Labute approximate surface area is 462 Å². The van der Waals surface area contributed by atoms with Gasteiger partial charge in [0.2, 0.25) is 5.91 Å². The van der Waals surface area contributed by atoms with Gasteiger partial charge in [-0.1, -0.05) is 227 Å². The lowest BCUT2D eigenvalue weighted by Gasteiger charge is -2.27. The third-order valence-corrected chi connectivity index (χ3v) is 14.0. The SMILES string of the molecule is CC/C=C\C/C=C\C/C=C\C/C=C\C/C=C\C/C=C\CCCCC(=O)OC(/C=C/CCCCCCCCCCC)C(COP(=O)(O)OCC[N+](C)(C)C)NC(=O)CCCCCCCCC/C=C/CCCCCCCC. The topological polar surface area (TPSA) is 111 Å². The van der Waals surface area contributed by atoms with Crippen molar-refractivity contribution in [3.8, 4) is 0 Å². The van der Waals surface area contributed by atoms with Gasteiger partial charge in [-0.15, -0.1) is 0 Å². The molecule has 3 unspecified atom stereocenters. The van der Waals surface area contributed by atoms with Crippen LogP contribution in [0.1, 0.15) is 252 Å². The second-order valence-corrected chi connectivity index (χ2v) is 22.9. The third-order valence-electron chi connectivity index (χ3n) is 13.0. The number of allylic oxidation sites excluding steroid dienone is 15. The molecule has 0 aliphatic heterocycles. The van der Waals surface area contributed by atoms with Crippen LogP contribution in [0, 0.1) is 0 Å². The summed E-state index contributed by atoms with van der Waals surface area (Å²) < 4.78 is 30.6. The number of carbonyl (C=O) groups excluding carboxylic acids is 2. The molecule has 0 aromatic heterocycles. The molecule has 9 nitrogen and oxygen atoms in total. The molecule has 0 heterocycles. The number of nitrogens with one attached hydrogen (secondary N) is 1. The standard InChI is InChI=1S/C65H115N2O7P/c1-7-10-13-16-19-22-25-27-29-31-32-33-34-36-38-40-43-46-49-52-55-58-65(69)74-63(56-53-50-47-44-41-24-21-18-15-12-9-3)62(61-73-75(70,71)72-60-59-67(4,5)6)66-64(68)57-54-51-48-45-42-39-37-35-30-28-26-23-20-17-14-11-8-2/h10,13,19,22,27-30,32-33,36,38,43,46,53,56,62-63H,7-9,11-12,14-18,20-21,23-26,31,34-35,37,39-42,44-45,47-52,54-55,57-61H2,1-6H3,(H-,66,68,70,71)/p+1/b13-10-,22-19-,29-27-,30-28+,33-32-,38-36-,46-43-,56-53+. The molecule has 2 N–H and O–H groups in total. The Bertz CT molecular complexity index is 1610. The van der Waals surface area contributed by atoms with Crippen molar-refractivity contribution in [2.45, 2.75) is 264 Å². The number of phosphoric acid groups is 1. The number of nitrogens with zero attached hydrogens (tertiary/aromatic N) is 1. The maximum Gasteiger partial charge on any atom is 0.472 e. The van der Waals surface area contributed by atoms with Gasteiger partial charge in [0, 0.05) is 12.8 Å². The first-order valence-electron chi connectivity index (χ1n) is 30.6. The molecule has 0 radical (unpaired) electrons. The number of ether oxygens (including phenoxy) is 1. The molecule has 432 valence electrons. The fourth-order valence-electron chi connectivity index (χ4n) is 8.29. The predicted molar refractivity (Wildman–Crippen MR) is 323 cm³/mol. The highest BCUT2D eigenvalue weighted by Gasteiger charge is 2.30. The number of rotatable bonds is 54. The van der Waals surface area contributed by atoms with Crippen LogP contribution >= 0.6 is 7.82 Å². The summed E-state index contributed by atoms with van der Waals surface area (Å²) in [5.41, 5.74) is 0. The molecule has 0 aliphatic rings. The molecule has 10 heteroatoms. The summed E-state index contributed by atoms with van der Waals surface area (Å²) >= 11 is 0. The first kappa shape index (κ1) is 71.9. The van der Waals surface area contributed by atoms with Crippen LogP contribution in [0.3, 0.4) is 0 Å². The lowest BCUT2D eigenvalue weighted by molar-refractivity contribution is -0.870. The van der Waals surface area contributed by atoms with Crippen LogP contribution < -0.4 is 5.32 Å². The summed E-state index contributed by atoms with van der Waals surface area (Å²) in [4.78, 5) is 37.6. The van der Waals surface area contributed by atoms with E-state index < -0.39 is 20.0 Å². The highest BCUT2D eigenvalue weighted by molar-refractivity contribution is 7.47. The molecule has 0 bridgehead atoms. The van der Waals surface area contributed by atoms with Crippen molar-refractivity contribution in [3.05, 3.63) is 97.2 Å². The molecule has 75 heavy (non-hydrogen) atoms. The van der Waals surface area contributed by atoms with Crippen LogP contribution in [0.5, 0.6) is 0 Å². The number of carbonyl (C=O) groups is 2. The molecule has 0 saturated carbocycles. The van der Waals surface area contributed by atoms with Gasteiger partial charge in [-0.3, -0.25) is 18.6 Å². The van der Waals surface area contributed by atoms with Gasteiger partial charge in [-0.2, -0.15) is 0 Å². The summed E-state index contributed by atoms with van der Waals surface area (Å²) in [5, 5.41) is 3.04. The van der Waals surface area contributed by atoms with Gasteiger partial charge >= 0.3 is 13.8 Å². The predicted octanol–water partition coefficient (Wildman–Crippen LogP) is 18.8. The molecular formula is C65H116N2O7P+. The van der Waals surface area contributed by atoms with Crippen LogP contribution in [-0.4, -0.2) is 74.3 Å². The zero-order valence-corrected chi connectivity index (χ0v) is 50.2. The number of unbranched alkanes of at least 4 members (excludes halogenated alkanes) is 24. The first-order chi connectivity index (χ1) is 36.4. The van der Waals surface area contributed by atoms with E-state index in [0.717, 1.165) is 103 Å². The van der Waals surface area contributed by atoms with Crippen LogP contribution in [0.4, 0.5) is 0 Å². The number of hydrogen-bond acceptors (Lipinski definition) is 6. The van der Waals surface area contributed by atoms with Crippen LogP contribution in [-0.2, 0) is 27.9 Å². The first-order valence-corrected chi connectivity index (χ1v) is 32.1. The monoisotopic (exact) mass is 1070 g/mol. The van der Waals surface area contributed by atoms with Gasteiger partial charge in [0.15, 0.2) is 0 Å². The summed E-state index contributed by atoms with van der Waals surface area (Å²) in [7, 11) is 1.46. The van der Waals surface area contributed by atoms with E-state index in [9.17, 15) is 19.0 Å². The summed E-state index contributed by atoms with van der Waals surface area (Å²) in [6, 6.07) is -0.873. The molecule has 0 spiro atoms. The molecule has 0 fully saturated rings. The second kappa shape index (κ2) is 54.3. The Kier molecular flexibility index (Phi) is 52.1. The largest absolute Gasteiger partial charge is 0.472 e. The lowest BCUT2D eigenvalue weighted by Crippen LogP contribution is -2.47. The van der Waals surface area contributed by atoms with Crippen molar-refractivity contribution in [3.63, 3.8) is 0 Å². The van der Waals surface area contributed by atoms with Crippen LogP contribution in [0.15, 0.2) is 97.2 Å². The number of likely N-dealkylation sites (N-methyl/N-ethyl adjacent to an activating group) is 1. The van der Waals surface area contributed by atoms with E-state index in [-0.39, 0.29) is 31.5 Å². The average Bonchev–Trinajstić information content (AvgIpc) is 3.37. The van der Waals surface area contributed by atoms with Gasteiger partial charge in [0.05, 0.1) is 33.8 Å². The van der Waals surface area contributed by atoms with Gasteiger partial charge in [0.1, 0.15) is 19.3 Å².